The molecule has 0 amide bonds. The van der Waals surface area contributed by atoms with Crippen LogP contribution in [0.25, 0.3) is 10.1 Å². The van der Waals surface area contributed by atoms with Crippen LogP contribution in [0.3, 0.4) is 0 Å². The van der Waals surface area contributed by atoms with E-state index in [1.165, 1.54) is 47.1 Å². The van der Waals surface area contributed by atoms with Gasteiger partial charge in [-0.2, -0.15) is 11.8 Å². The fourth-order valence-electron chi connectivity index (χ4n) is 3.01. The fourth-order valence-corrected chi connectivity index (χ4v) is 5.44. The number of benzene rings is 1. The van der Waals surface area contributed by atoms with Crippen molar-refractivity contribution in [3.8, 4) is 0 Å². The van der Waals surface area contributed by atoms with Gasteiger partial charge in [0.05, 0.1) is 0 Å². The summed E-state index contributed by atoms with van der Waals surface area (Å²) in [5, 5.41) is 8.22. The van der Waals surface area contributed by atoms with Gasteiger partial charge < -0.3 is 5.32 Å². The minimum absolute atomic E-state index is 0.596. The molecule has 1 nitrogen and oxygen atoms in total. The largest absolute Gasteiger partial charge is 0.316 e. The second-order valence-electron chi connectivity index (χ2n) is 5.69. The molecule has 3 heteroatoms. The summed E-state index contributed by atoms with van der Waals surface area (Å²) in [4.78, 5) is 0. The van der Waals surface area contributed by atoms with E-state index in [1.807, 2.05) is 11.3 Å². The van der Waals surface area contributed by atoms with E-state index in [-0.39, 0.29) is 0 Å². The van der Waals surface area contributed by atoms with Gasteiger partial charge in [-0.05, 0) is 48.7 Å². The zero-order chi connectivity index (χ0) is 13.8. The first-order valence-electron chi connectivity index (χ1n) is 7.61. The third-order valence-electron chi connectivity index (χ3n) is 4.27. The number of thiophene rings is 1. The van der Waals surface area contributed by atoms with Gasteiger partial charge in [-0.15, -0.1) is 11.3 Å². The molecule has 2 aromatic rings. The van der Waals surface area contributed by atoms with Crippen LogP contribution in [0.5, 0.6) is 0 Å². The molecule has 1 atom stereocenters. The molecule has 20 heavy (non-hydrogen) atoms. The molecule has 0 bridgehead atoms. The Morgan fingerprint density at radius 1 is 1.30 bits per heavy atom. The molecule has 1 fully saturated rings. The number of hydrogen-bond acceptors (Lipinski definition) is 3. The zero-order valence-electron chi connectivity index (χ0n) is 12.1. The molecule has 1 aliphatic carbocycles. The molecular weight excluding hydrogens is 282 g/mol. The molecule has 1 heterocycles. The Hall–Kier alpha value is -0.510. The van der Waals surface area contributed by atoms with Crippen molar-refractivity contribution in [2.24, 2.45) is 0 Å². The van der Waals surface area contributed by atoms with E-state index >= 15 is 0 Å². The Balaban J connectivity index is 1.61. The maximum Gasteiger partial charge on any atom is 0.0345 e. The normalized spacial score (nSPS) is 17.9. The molecule has 1 aliphatic rings. The first kappa shape index (κ1) is 14.4. The Bertz CT molecular complexity index is 543. The van der Waals surface area contributed by atoms with Crippen LogP contribution in [-0.2, 0) is 6.42 Å². The average Bonchev–Trinajstić information content (AvgIpc) is 3.13. The van der Waals surface area contributed by atoms with E-state index in [0.29, 0.717) is 6.04 Å². The topological polar surface area (TPSA) is 12.0 Å². The first-order chi connectivity index (χ1) is 9.86. The van der Waals surface area contributed by atoms with Gasteiger partial charge >= 0.3 is 0 Å². The van der Waals surface area contributed by atoms with Crippen LogP contribution >= 0.6 is 23.1 Å². The van der Waals surface area contributed by atoms with E-state index in [9.17, 15) is 0 Å². The number of fused-ring (bicyclic) bond motifs is 1. The summed E-state index contributed by atoms with van der Waals surface area (Å²) in [6, 6.07) is 9.37. The Morgan fingerprint density at radius 3 is 2.90 bits per heavy atom. The van der Waals surface area contributed by atoms with Crippen LogP contribution in [0, 0.1) is 0 Å². The maximum atomic E-state index is 3.51. The summed E-state index contributed by atoms with van der Waals surface area (Å²) in [5.74, 6) is 1.24. The van der Waals surface area contributed by atoms with E-state index in [0.717, 1.165) is 11.7 Å². The van der Waals surface area contributed by atoms with Gasteiger partial charge in [0.1, 0.15) is 0 Å². The van der Waals surface area contributed by atoms with Crippen LogP contribution in [0.15, 0.2) is 29.6 Å². The fraction of sp³-hybridized carbons (Fsp3) is 0.529. The van der Waals surface area contributed by atoms with E-state index in [2.05, 4.69) is 53.8 Å². The summed E-state index contributed by atoms with van der Waals surface area (Å²) in [5.41, 5.74) is 1.51. The first-order valence-corrected chi connectivity index (χ1v) is 9.53. The summed E-state index contributed by atoms with van der Waals surface area (Å²) < 4.78 is 1.42. The van der Waals surface area contributed by atoms with Gasteiger partial charge in [-0.25, -0.2) is 0 Å². The minimum atomic E-state index is 0.596. The van der Waals surface area contributed by atoms with Crippen molar-refractivity contribution in [2.45, 2.75) is 43.4 Å². The van der Waals surface area contributed by atoms with Crippen molar-refractivity contribution in [1.29, 1.82) is 0 Å². The van der Waals surface area contributed by atoms with E-state index in [1.54, 1.807) is 0 Å². The molecule has 3 rings (SSSR count). The molecule has 1 saturated carbocycles. The standard InChI is InChI=1S/C17H23NS2/c1-18-14(12-19-15-6-2-3-7-15)10-13-11-20-17-9-5-4-8-16(13)17/h4-5,8-9,11,14-15,18H,2-3,6-7,10,12H2,1H3. The SMILES string of the molecule is CNC(CSC1CCCC1)Cc1csc2ccccc12. The lowest BCUT2D eigenvalue weighted by atomic mass is 10.1. The predicted octanol–water partition coefficient (Wildman–Crippen LogP) is 4.71. The lowest BCUT2D eigenvalue weighted by molar-refractivity contribution is 0.618. The van der Waals surface area contributed by atoms with Crippen molar-refractivity contribution >= 4 is 33.2 Å². The molecule has 1 N–H and O–H groups in total. The third kappa shape index (κ3) is 3.38. The van der Waals surface area contributed by atoms with E-state index < -0.39 is 0 Å². The molecule has 1 aromatic heterocycles. The van der Waals surface area contributed by atoms with Gasteiger partial charge in [0, 0.05) is 21.7 Å². The van der Waals surface area contributed by atoms with Crippen molar-refractivity contribution in [3.63, 3.8) is 0 Å². The number of hydrogen-bond donors (Lipinski definition) is 1. The van der Waals surface area contributed by atoms with Crippen LogP contribution < -0.4 is 5.32 Å². The van der Waals surface area contributed by atoms with Crippen molar-refractivity contribution in [3.05, 3.63) is 35.2 Å². The molecule has 1 aromatic carbocycles. The molecule has 1 unspecified atom stereocenters. The Labute approximate surface area is 130 Å². The van der Waals surface area contributed by atoms with Crippen LogP contribution in [-0.4, -0.2) is 24.1 Å². The van der Waals surface area contributed by atoms with Gasteiger partial charge in [-0.3, -0.25) is 0 Å². The smallest absolute Gasteiger partial charge is 0.0345 e. The van der Waals surface area contributed by atoms with Crippen molar-refractivity contribution < 1.29 is 0 Å². The highest BCUT2D eigenvalue weighted by Crippen LogP contribution is 2.31. The zero-order valence-corrected chi connectivity index (χ0v) is 13.7. The summed E-state index contributed by atoms with van der Waals surface area (Å²) in [7, 11) is 2.11. The minimum Gasteiger partial charge on any atom is -0.316 e. The number of rotatable bonds is 6. The number of thioether (sulfide) groups is 1. The second-order valence-corrected chi connectivity index (χ2v) is 7.93. The second kappa shape index (κ2) is 6.97. The third-order valence-corrected chi connectivity index (χ3v) is 6.82. The monoisotopic (exact) mass is 305 g/mol. The van der Waals surface area contributed by atoms with Gasteiger partial charge in [0.2, 0.25) is 0 Å². The van der Waals surface area contributed by atoms with Crippen molar-refractivity contribution in [2.75, 3.05) is 12.8 Å². The summed E-state index contributed by atoms with van der Waals surface area (Å²) >= 11 is 4.06. The predicted molar refractivity (Wildman–Crippen MR) is 93.1 cm³/mol. The highest BCUT2D eigenvalue weighted by atomic mass is 32.2. The Morgan fingerprint density at radius 2 is 2.10 bits per heavy atom. The summed E-state index contributed by atoms with van der Waals surface area (Å²) in [6.45, 7) is 0. The van der Waals surface area contributed by atoms with Crippen LogP contribution in [0.2, 0.25) is 0 Å². The summed E-state index contributed by atoms with van der Waals surface area (Å²) in [6.07, 6.45) is 6.90. The van der Waals surface area contributed by atoms with Gasteiger partial charge in [-0.1, -0.05) is 31.0 Å². The van der Waals surface area contributed by atoms with Crippen molar-refractivity contribution in [1.82, 2.24) is 5.32 Å². The van der Waals surface area contributed by atoms with E-state index in [4.69, 9.17) is 0 Å². The molecular formula is C17H23NS2. The lowest BCUT2D eigenvalue weighted by Crippen LogP contribution is -2.30. The van der Waals surface area contributed by atoms with Crippen LogP contribution in [0.1, 0.15) is 31.2 Å². The average molecular weight is 306 g/mol. The van der Waals surface area contributed by atoms with Crippen LogP contribution in [0.4, 0.5) is 0 Å². The molecule has 0 saturated heterocycles. The quantitative estimate of drug-likeness (QED) is 0.829. The highest BCUT2D eigenvalue weighted by molar-refractivity contribution is 7.99. The lowest BCUT2D eigenvalue weighted by Gasteiger charge is -2.18. The molecule has 108 valence electrons. The number of likely N-dealkylation sites (N-methyl/N-ethyl adjacent to an activating group) is 1. The molecule has 0 radical (unpaired) electrons. The number of nitrogens with one attached hydrogen (secondary N) is 1. The maximum absolute atomic E-state index is 3.51. The van der Waals surface area contributed by atoms with Gasteiger partial charge in [0.25, 0.3) is 0 Å². The molecule has 0 aliphatic heterocycles. The molecule has 0 spiro atoms. The highest BCUT2D eigenvalue weighted by Gasteiger charge is 2.18. The Kier molecular flexibility index (Phi) is 5.03. The van der Waals surface area contributed by atoms with Gasteiger partial charge in [0.15, 0.2) is 0 Å².